The summed E-state index contributed by atoms with van der Waals surface area (Å²) in [6.07, 6.45) is 3.61. The van der Waals surface area contributed by atoms with Gasteiger partial charge < -0.3 is 25.1 Å². The molecule has 0 saturated carbocycles. The number of β-amino-alcohol motifs (C(OH)–C–C–N with tert-alkyl or cyclic N) is 1. The lowest BCUT2D eigenvalue weighted by Crippen LogP contribution is -2.39. The van der Waals surface area contributed by atoms with Crippen molar-refractivity contribution in [2.24, 2.45) is 0 Å². The minimum absolute atomic E-state index is 0.0869. The SMILES string of the molecule is CC(=O)N1CCc2c(nc(N(C)C)nc2NCCCN2CCC[C@H](O)C2)C1. The molecule has 0 spiro atoms. The number of nitrogens with zero attached hydrogens (tertiary/aromatic N) is 5. The quantitative estimate of drug-likeness (QED) is 0.707. The average molecular weight is 377 g/mol. The van der Waals surface area contributed by atoms with Gasteiger partial charge in [-0.15, -0.1) is 0 Å². The highest BCUT2D eigenvalue weighted by Crippen LogP contribution is 2.26. The number of aliphatic hydroxyl groups excluding tert-OH is 1. The molecule has 27 heavy (non-hydrogen) atoms. The molecule has 3 rings (SSSR count). The van der Waals surface area contributed by atoms with Crippen LogP contribution < -0.4 is 10.2 Å². The van der Waals surface area contributed by atoms with Gasteiger partial charge in [-0.25, -0.2) is 4.98 Å². The van der Waals surface area contributed by atoms with Crippen molar-refractivity contribution in [3.8, 4) is 0 Å². The largest absolute Gasteiger partial charge is 0.392 e. The number of anilines is 2. The van der Waals surface area contributed by atoms with Crippen LogP contribution in [-0.2, 0) is 17.8 Å². The molecule has 1 aromatic heterocycles. The topological polar surface area (TPSA) is 84.8 Å². The Morgan fingerprint density at radius 3 is 2.85 bits per heavy atom. The Hall–Kier alpha value is -1.93. The van der Waals surface area contributed by atoms with Gasteiger partial charge in [0.1, 0.15) is 5.82 Å². The maximum atomic E-state index is 11.7. The second-order valence-electron chi connectivity index (χ2n) is 7.76. The molecular formula is C19H32N6O2. The summed E-state index contributed by atoms with van der Waals surface area (Å²) in [5, 5.41) is 13.3. The number of rotatable bonds is 6. The van der Waals surface area contributed by atoms with Gasteiger partial charge in [-0.2, -0.15) is 4.98 Å². The molecule has 0 radical (unpaired) electrons. The molecular weight excluding hydrogens is 344 g/mol. The minimum atomic E-state index is -0.174. The zero-order valence-corrected chi connectivity index (χ0v) is 16.7. The summed E-state index contributed by atoms with van der Waals surface area (Å²) in [5.41, 5.74) is 2.07. The summed E-state index contributed by atoms with van der Waals surface area (Å²) in [4.78, 5) is 27.2. The van der Waals surface area contributed by atoms with Gasteiger partial charge in [-0.3, -0.25) is 4.79 Å². The van der Waals surface area contributed by atoms with E-state index in [4.69, 9.17) is 4.98 Å². The lowest BCUT2D eigenvalue weighted by molar-refractivity contribution is -0.129. The van der Waals surface area contributed by atoms with E-state index in [0.29, 0.717) is 19.0 Å². The highest BCUT2D eigenvalue weighted by atomic mass is 16.3. The molecule has 0 aliphatic carbocycles. The van der Waals surface area contributed by atoms with Crippen LogP contribution in [0.1, 0.15) is 37.4 Å². The Balaban J connectivity index is 1.63. The predicted octanol–water partition coefficient (Wildman–Crippen LogP) is 0.706. The molecule has 1 saturated heterocycles. The first-order valence-electron chi connectivity index (χ1n) is 9.91. The standard InChI is InChI=1S/C19H32N6O2/c1-14(26)25-11-7-16-17(13-25)21-19(23(2)3)22-18(16)20-8-5-10-24-9-4-6-15(27)12-24/h15,27H,4-13H2,1-3H3,(H,20,21,22)/t15-/m0/s1. The van der Waals surface area contributed by atoms with Crippen molar-refractivity contribution in [1.29, 1.82) is 0 Å². The Bertz CT molecular complexity index is 666. The molecule has 2 aliphatic rings. The van der Waals surface area contributed by atoms with E-state index in [1.165, 1.54) is 0 Å². The van der Waals surface area contributed by atoms with Crippen LogP contribution in [-0.4, -0.2) is 83.7 Å². The second-order valence-corrected chi connectivity index (χ2v) is 7.76. The molecule has 2 N–H and O–H groups in total. The maximum Gasteiger partial charge on any atom is 0.227 e. The van der Waals surface area contributed by atoms with Crippen molar-refractivity contribution in [1.82, 2.24) is 19.8 Å². The highest BCUT2D eigenvalue weighted by Gasteiger charge is 2.24. The Morgan fingerprint density at radius 2 is 2.15 bits per heavy atom. The van der Waals surface area contributed by atoms with Crippen LogP contribution in [0, 0.1) is 0 Å². The number of fused-ring (bicyclic) bond motifs is 1. The lowest BCUT2D eigenvalue weighted by Gasteiger charge is -2.30. The van der Waals surface area contributed by atoms with Gasteiger partial charge in [0.25, 0.3) is 0 Å². The number of nitrogens with one attached hydrogen (secondary N) is 1. The number of piperidine rings is 1. The minimum Gasteiger partial charge on any atom is -0.392 e. The Morgan fingerprint density at radius 1 is 1.33 bits per heavy atom. The molecule has 0 aromatic carbocycles. The number of hydrogen-bond acceptors (Lipinski definition) is 7. The van der Waals surface area contributed by atoms with Gasteiger partial charge in [0.2, 0.25) is 11.9 Å². The van der Waals surface area contributed by atoms with E-state index in [1.54, 1.807) is 6.92 Å². The Labute approximate surface area is 161 Å². The number of likely N-dealkylation sites (tertiary alicyclic amines) is 1. The lowest BCUT2D eigenvalue weighted by atomic mass is 10.1. The smallest absolute Gasteiger partial charge is 0.227 e. The molecule has 8 nitrogen and oxygen atoms in total. The molecule has 1 fully saturated rings. The van der Waals surface area contributed by atoms with E-state index >= 15 is 0 Å². The maximum absolute atomic E-state index is 11.7. The fourth-order valence-electron chi connectivity index (χ4n) is 3.78. The zero-order valence-electron chi connectivity index (χ0n) is 16.7. The summed E-state index contributed by atoms with van der Waals surface area (Å²) in [6, 6.07) is 0. The van der Waals surface area contributed by atoms with Gasteiger partial charge in [-0.1, -0.05) is 0 Å². The van der Waals surface area contributed by atoms with E-state index in [0.717, 1.165) is 68.9 Å². The van der Waals surface area contributed by atoms with Crippen LogP contribution in [0.25, 0.3) is 0 Å². The number of aliphatic hydroxyl groups is 1. The number of aromatic nitrogens is 2. The van der Waals surface area contributed by atoms with E-state index in [-0.39, 0.29) is 12.0 Å². The second kappa shape index (κ2) is 8.84. The van der Waals surface area contributed by atoms with Crippen molar-refractivity contribution in [3.05, 3.63) is 11.3 Å². The van der Waals surface area contributed by atoms with Crippen molar-refractivity contribution < 1.29 is 9.90 Å². The molecule has 1 atom stereocenters. The molecule has 3 heterocycles. The number of hydrogen-bond donors (Lipinski definition) is 2. The summed E-state index contributed by atoms with van der Waals surface area (Å²) in [7, 11) is 3.86. The number of carbonyl (C=O) groups excluding carboxylic acids is 1. The van der Waals surface area contributed by atoms with Crippen molar-refractivity contribution in [3.63, 3.8) is 0 Å². The van der Waals surface area contributed by atoms with Crippen LogP contribution in [0.5, 0.6) is 0 Å². The van der Waals surface area contributed by atoms with E-state index in [9.17, 15) is 9.90 Å². The molecule has 0 unspecified atom stereocenters. The first kappa shape index (κ1) is 19.8. The molecule has 0 bridgehead atoms. The van der Waals surface area contributed by atoms with Crippen LogP contribution in [0.15, 0.2) is 0 Å². The summed E-state index contributed by atoms with van der Waals surface area (Å²) >= 11 is 0. The highest BCUT2D eigenvalue weighted by molar-refractivity contribution is 5.73. The van der Waals surface area contributed by atoms with Crippen molar-refractivity contribution >= 4 is 17.7 Å². The summed E-state index contributed by atoms with van der Waals surface area (Å²) < 4.78 is 0. The summed E-state index contributed by atoms with van der Waals surface area (Å²) in [5.74, 6) is 1.65. The van der Waals surface area contributed by atoms with Gasteiger partial charge >= 0.3 is 0 Å². The van der Waals surface area contributed by atoms with Gasteiger partial charge in [0.05, 0.1) is 18.3 Å². The van der Waals surface area contributed by atoms with Crippen LogP contribution in [0.2, 0.25) is 0 Å². The van der Waals surface area contributed by atoms with E-state index in [1.807, 2.05) is 23.9 Å². The number of carbonyl (C=O) groups is 1. The van der Waals surface area contributed by atoms with E-state index in [2.05, 4.69) is 15.2 Å². The molecule has 1 amide bonds. The van der Waals surface area contributed by atoms with E-state index < -0.39 is 0 Å². The average Bonchev–Trinajstić information content (AvgIpc) is 2.64. The van der Waals surface area contributed by atoms with Gasteiger partial charge in [0, 0.05) is 46.2 Å². The molecule has 8 heteroatoms. The zero-order chi connectivity index (χ0) is 19.4. The third-order valence-corrected chi connectivity index (χ3v) is 5.32. The molecule has 150 valence electrons. The third-order valence-electron chi connectivity index (χ3n) is 5.32. The van der Waals surface area contributed by atoms with Crippen LogP contribution in [0.3, 0.4) is 0 Å². The number of amides is 1. The van der Waals surface area contributed by atoms with Crippen LogP contribution in [0.4, 0.5) is 11.8 Å². The predicted molar refractivity (Wildman–Crippen MR) is 106 cm³/mol. The first-order chi connectivity index (χ1) is 12.9. The normalized spacial score (nSPS) is 20.3. The van der Waals surface area contributed by atoms with Crippen molar-refractivity contribution in [2.75, 3.05) is 57.0 Å². The first-order valence-corrected chi connectivity index (χ1v) is 9.91. The fraction of sp³-hybridized carbons (Fsp3) is 0.737. The van der Waals surface area contributed by atoms with Gasteiger partial charge in [-0.05, 0) is 38.8 Å². The molecule has 2 aliphatic heterocycles. The Kier molecular flexibility index (Phi) is 6.49. The molecule has 1 aromatic rings. The monoisotopic (exact) mass is 376 g/mol. The fourth-order valence-corrected chi connectivity index (χ4v) is 3.78. The summed E-state index contributed by atoms with van der Waals surface area (Å²) in [6.45, 7) is 6.55. The van der Waals surface area contributed by atoms with Gasteiger partial charge in [0.15, 0.2) is 0 Å². The van der Waals surface area contributed by atoms with Crippen LogP contribution >= 0.6 is 0 Å². The van der Waals surface area contributed by atoms with Crippen molar-refractivity contribution in [2.45, 2.75) is 45.3 Å². The third kappa shape index (κ3) is 5.07.